The lowest BCUT2D eigenvalue weighted by molar-refractivity contribution is -0.142. The molecule has 2 aromatic carbocycles. The Morgan fingerprint density at radius 1 is 1.08 bits per heavy atom. The number of hydrogen-bond acceptors (Lipinski definition) is 6. The third kappa shape index (κ3) is 4.95. The van der Waals surface area contributed by atoms with E-state index in [0.717, 1.165) is 16.5 Å². The highest BCUT2D eigenvalue weighted by atomic mass is 16.5. The smallest absolute Gasteiger partial charge is 0.240 e. The Hall–Kier alpha value is -3.78. The van der Waals surface area contributed by atoms with Gasteiger partial charge in [-0.05, 0) is 49.5 Å². The fourth-order valence-electron chi connectivity index (χ4n) is 4.76. The van der Waals surface area contributed by atoms with E-state index in [1.807, 2.05) is 49.3 Å². The molecule has 0 N–H and O–H groups in total. The van der Waals surface area contributed by atoms with Crippen molar-refractivity contribution in [3.63, 3.8) is 0 Å². The maximum absolute atomic E-state index is 13.8. The lowest BCUT2D eigenvalue weighted by Gasteiger charge is -2.30. The molecule has 1 aliphatic rings. The van der Waals surface area contributed by atoms with E-state index in [-0.39, 0.29) is 37.1 Å². The molecule has 3 aromatic rings. The van der Waals surface area contributed by atoms with Crippen molar-refractivity contribution in [1.29, 1.82) is 0 Å². The molecule has 1 aliphatic heterocycles. The molecular weight excluding hydrogens is 456 g/mol. The van der Waals surface area contributed by atoms with E-state index in [0.29, 0.717) is 24.4 Å². The Balaban J connectivity index is 1.64. The topological polar surface area (TPSA) is 83.1 Å². The molecule has 3 amide bonds. The van der Waals surface area contributed by atoms with Gasteiger partial charge < -0.3 is 14.5 Å². The second kappa shape index (κ2) is 10.5. The van der Waals surface area contributed by atoms with Crippen LogP contribution in [0.4, 0.5) is 0 Å². The van der Waals surface area contributed by atoms with Crippen LogP contribution in [0.15, 0.2) is 60.8 Å². The molecule has 1 saturated heterocycles. The van der Waals surface area contributed by atoms with Gasteiger partial charge in [0.05, 0.1) is 18.0 Å². The van der Waals surface area contributed by atoms with Gasteiger partial charge in [-0.2, -0.15) is 0 Å². The molecule has 8 heteroatoms. The molecule has 1 fully saturated rings. The van der Waals surface area contributed by atoms with Crippen LogP contribution < -0.4 is 4.74 Å². The summed E-state index contributed by atoms with van der Waals surface area (Å²) in [6, 6.07) is 16.8. The van der Waals surface area contributed by atoms with Crippen LogP contribution in [0.25, 0.3) is 10.9 Å². The summed E-state index contributed by atoms with van der Waals surface area (Å²) >= 11 is 0. The number of likely N-dealkylation sites (tertiary alicyclic amines) is 1. The van der Waals surface area contributed by atoms with Gasteiger partial charge in [0.2, 0.25) is 17.7 Å². The first kappa shape index (κ1) is 25.3. The number of nitrogens with zero attached hydrogens (tertiary/aromatic N) is 4. The van der Waals surface area contributed by atoms with Crippen molar-refractivity contribution < 1.29 is 19.1 Å². The Labute approximate surface area is 211 Å². The zero-order chi connectivity index (χ0) is 25.9. The molecule has 0 radical (unpaired) electrons. The van der Waals surface area contributed by atoms with E-state index in [2.05, 4.69) is 4.98 Å². The highest BCUT2D eigenvalue weighted by Gasteiger charge is 2.54. The lowest BCUT2D eigenvalue weighted by atomic mass is 9.75. The van der Waals surface area contributed by atoms with E-state index in [4.69, 9.17) is 4.74 Å². The average molecular weight is 489 g/mol. The number of imide groups is 1. The summed E-state index contributed by atoms with van der Waals surface area (Å²) in [7, 11) is 7.06. The summed E-state index contributed by atoms with van der Waals surface area (Å²) in [6.45, 7) is 1.20. The standard InChI is InChI=1S/C28H32N4O4/c1-30(2)14-15-32-26(34)18-28(27(32)35,21-9-6-10-22(16-21)36-4)17-25(33)31(3)19-20-8-5-12-24-23(20)11-7-13-29-24/h5-13,16H,14-15,17-19H2,1-4H3/t28-/m0/s1. The number of rotatable bonds is 9. The Morgan fingerprint density at radius 2 is 1.86 bits per heavy atom. The predicted molar refractivity (Wildman–Crippen MR) is 137 cm³/mol. The zero-order valence-electron chi connectivity index (χ0n) is 21.2. The molecule has 4 rings (SSSR count). The quantitative estimate of drug-likeness (QED) is 0.431. The number of aromatic nitrogens is 1. The SMILES string of the molecule is COc1cccc([C@]2(CC(=O)N(C)Cc3cccc4ncccc34)CC(=O)N(CCN(C)C)C2=O)c1. The first-order valence-electron chi connectivity index (χ1n) is 12.0. The second-order valence-corrected chi connectivity index (χ2v) is 9.56. The number of methoxy groups -OCH3 is 1. The number of carbonyl (C=O) groups excluding carboxylic acids is 3. The minimum absolute atomic E-state index is 0.0514. The third-order valence-corrected chi connectivity index (χ3v) is 6.82. The fourth-order valence-corrected chi connectivity index (χ4v) is 4.76. The van der Waals surface area contributed by atoms with Crippen molar-refractivity contribution in [2.45, 2.75) is 24.8 Å². The summed E-state index contributed by atoms with van der Waals surface area (Å²) in [4.78, 5) is 49.7. The molecule has 36 heavy (non-hydrogen) atoms. The van der Waals surface area contributed by atoms with E-state index in [1.54, 1.807) is 49.5 Å². The Morgan fingerprint density at radius 3 is 2.61 bits per heavy atom. The first-order chi connectivity index (χ1) is 17.2. The van der Waals surface area contributed by atoms with Gasteiger partial charge in [-0.1, -0.05) is 30.3 Å². The number of ether oxygens (including phenoxy) is 1. The van der Waals surface area contributed by atoms with Crippen molar-refractivity contribution in [2.75, 3.05) is 41.3 Å². The molecule has 1 atom stereocenters. The predicted octanol–water partition coefficient (Wildman–Crippen LogP) is 2.85. The number of fused-ring (bicyclic) bond motifs is 1. The van der Waals surface area contributed by atoms with Crippen LogP contribution in [0.5, 0.6) is 5.75 Å². The second-order valence-electron chi connectivity index (χ2n) is 9.56. The van der Waals surface area contributed by atoms with Gasteiger partial charge >= 0.3 is 0 Å². The average Bonchev–Trinajstić information content (AvgIpc) is 3.12. The van der Waals surface area contributed by atoms with Crippen molar-refractivity contribution in [3.05, 3.63) is 71.9 Å². The number of carbonyl (C=O) groups is 3. The monoisotopic (exact) mass is 488 g/mol. The molecule has 188 valence electrons. The van der Waals surface area contributed by atoms with Gasteiger partial charge in [0.15, 0.2) is 0 Å². The molecule has 0 saturated carbocycles. The highest BCUT2D eigenvalue weighted by molar-refractivity contribution is 6.10. The van der Waals surface area contributed by atoms with Crippen molar-refractivity contribution in [1.82, 2.24) is 19.7 Å². The Kier molecular flexibility index (Phi) is 7.35. The molecular formula is C28H32N4O4. The van der Waals surface area contributed by atoms with E-state index >= 15 is 0 Å². The number of pyridine rings is 1. The van der Waals surface area contributed by atoms with Crippen LogP contribution in [0, 0.1) is 0 Å². The van der Waals surface area contributed by atoms with E-state index in [9.17, 15) is 14.4 Å². The Bertz CT molecular complexity index is 1290. The molecule has 0 aliphatic carbocycles. The van der Waals surface area contributed by atoms with Crippen molar-refractivity contribution in [3.8, 4) is 5.75 Å². The van der Waals surface area contributed by atoms with Crippen LogP contribution in [0.1, 0.15) is 24.0 Å². The maximum Gasteiger partial charge on any atom is 0.240 e. The zero-order valence-corrected chi connectivity index (χ0v) is 21.2. The molecule has 8 nitrogen and oxygen atoms in total. The van der Waals surface area contributed by atoms with Crippen LogP contribution in [-0.2, 0) is 26.3 Å². The van der Waals surface area contributed by atoms with Crippen LogP contribution >= 0.6 is 0 Å². The van der Waals surface area contributed by atoms with Crippen LogP contribution in [0.3, 0.4) is 0 Å². The van der Waals surface area contributed by atoms with E-state index < -0.39 is 5.41 Å². The normalized spacial score (nSPS) is 17.8. The van der Waals surface area contributed by atoms with Gasteiger partial charge in [0.25, 0.3) is 0 Å². The molecule has 0 bridgehead atoms. The minimum atomic E-state index is -1.27. The van der Waals surface area contributed by atoms with Crippen LogP contribution in [-0.4, -0.2) is 78.7 Å². The van der Waals surface area contributed by atoms with Crippen molar-refractivity contribution in [2.24, 2.45) is 0 Å². The maximum atomic E-state index is 13.8. The van der Waals surface area contributed by atoms with Gasteiger partial charge in [-0.25, -0.2) is 0 Å². The summed E-state index contributed by atoms with van der Waals surface area (Å²) in [5, 5.41) is 0.976. The summed E-state index contributed by atoms with van der Waals surface area (Å²) in [6.07, 6.45) is 1.58. The van der Waals surface area contributed by atoms with Gasteiger partial charge in [0, 0.05) is 51.1 Å². The highest BCUT2D eigenvalue weighted by Crippen LogP contribution is 2.41. The van der Waals surface area contributed by atoms with Crippen molar-refractivity contribution >= 4 is 28.6 Å². The molecule has 0 spiro atoms. The molecule has 1 aromatic heterocycles. The van der Waals surface area contributed by atoms with Crippen LogP contribution in [0.2, 0.25) is 0 Å². The largest absolute Gasteiger partial charge is 0.497 e. The third-order valence-electron chi connectivity index (χ3n) is 6.82. The summed E-state index contributed by atoms with van der Waals surface area (Å²) in [5.41, 5.74) is 1.16. The number of benzene rings is 2. The number of likely N-dealkylation sites (N-methyl/N-ethyl adjacent to an activating group) is 1. The van der Waals surface area contributed by atoms with Gasteiger partial charge in [-0.3, -0.25) is 24.3 Å². The molecule has 2 heterocycles. The molecule has 0 unspecified atom stereocenters. The summed E-state index contributed by atoms with van der Waals surface area (Å²) in [5.74, 6) is -0.240. The van der Waals surface area contributed by atoms with Gasteiger partial charge in [-0.15, -0.1) is 0 Å². The lowest BCUT2D eigenvalue weighted by Crippen LogP contribution is -2.44. The minimum Gasteiger partial charge on any atom is -0.497 e. The number of amides is 3. The fraction of sp³-hybridized carbons (Fsp3) is 0.357. The van der Waals surface area contributed by atoms with E-state index in [1.165, 1.54) is 4.90 Å². The van der Waals surface area contributed by atoms with Gasteiger partial charge in [0.1, 0.15) is 5.75 Å². The first-order valence-corrected chi connectivity index (χ1v) is 12.0. The summed E-state index contributed by atoms with van der Waals surface area (Å²) < 4.78 is 5.38. The number of hydrogen-bond donors (Lipinski definition) is 0.